The highest BCUT2D eigenvalue weighted by atomic mass is 16.5. The first kappa shape index (κ1) is 15.7. The molecule has 0 aliphatic carbocycles. The Kier molecular flexibility index (Phi) is 6.58. The lowest BCUT2D eigenvalue weighted by atomic mass is 9.98. The number of carboxylic acids is 1. The first-order valence-electron chi connectivity index (χ1n) is 6.45. The quantitative estimate of drug-likeness (QED) is 0.627. The Morgan fingerprint density at radius 3 is 2.53 bits per heavy atom. The predicted molar refractivity (Wildman–Crippen MR) is 67.8 cm³/mol. The van der Waals surface area contributed by atoms with Crippen LogP contribution >= 0.6 is 0 Å². The van der Waals surface area contributed by atoms with Crippen LogP contribution in [0.5, 0.6) is 0 Å². The third-order valence-corrected chi connectivity index (χ3v) is 3.38. The fourth-order valence-electron chi connectivity index (χ4n) is 2.07. The Labute approximate surface area is 112 Å². The summed E-state index contributed by atoms with van der Waals surface area (Å²) in [4.78, 5) is 24.1. The molecule has 1 atom stereocenters. The number of rotatable bonds is 6. The Bertz CT molecular complexity index is 302. The molecule has 7 heteroatoms. The van der Waals surface area contributed by atoms with Gasteiger partial charge in [-0.1, -0.05) is 0 Å². The molecule has 3 N–H and O–H groups in total. The van der Waals surface area contributed by atoms with E-state index in [0.29, 0.717) is 13.1 Å². The maximum absolute atomic E-state index is 11.8. The number of carbonyl (C=O) groups excluding carboxylic acids is 1. The van der Waals surface area contributed by atoms with Gasteiger partial charge >= 0.3 is 12.0 Å². The van der Waals surface area contributed by atoms with Crippen molar-refractivity contribution in [2.45, 2.75) is 25.4 Å². The molecular formula is C12H22N2O5. The van der Waals surface area contributed by atoms with Crippen LogP contribution in [0, 0.1) is 5.92 Å². The fourth-order valence-corrected chi connectivity index (χ4v) is 2.07. The second kappa shape index (κ2) is 7.96. The molecule has 0 spiro atoms. The molecule has 2 amide bonds. The molecule has 1 fully saturated rings. The number of nitrogens with zero attached hydrogens (tertiary/aromatic N) is 1. The third kappa shape index (κ3) is 5.44. The van der Waals surface area contributed by atoms with E-state index in [9.17, 15) is 9.59 Å². The Morgan fingerprint density at radius 1 is 1.42 bits per heavy atom. The normalized spacial score (nSPS) is 18.1. The van der Waals surface area contributed by atoms with Crippen molar-refractivity contribution in [3.8, 4) is 0 Å². The van der Waals surface area contributed by atoms with E-state index >= 15 is 0 Å². The summed E-state index contributed by atoms with van der Waals surface area (Å²) in [7, 11) is 1.42. The molecule has 0 aromatic carbocycles. The lowest BCUT2D eigenvalue weighted by Gasteiger charge is -2.31. The number of aliphatic hydroxyl groups is 1. The lowest BCUT2D eigenvalue weighted by molar-refractivity contribution is -0.139. The number of methoxy groups -OCH3 is 1. The summed E-state index contributed by atoms with van der Waals surface area (Å²) in [5.74, 6) is -0.673. The van der Waals surface area contributed by atoms with Crippen molar-refractivity contribution in [2.24, 2.45) is 5.92 Å². The van der Waals surface area contributed by atoms with Crippen molar-refractivity contribution in [1.82, 2.24) is 10.2 Å². The van der Waals surface area contributed by atoms with Crippen molar-refractivity contribution in [3.63, 3.8) is 0 Å². The van der Waals surface area contributed by atoms with E-state index in [1.54, 1.807) is 4.90 Å². The van der Waals surface area contributed by atoms with Crippen LogP contribution in [0.4, 0.5) is 4.79 Å². The number of aliphatic carboxylic acids is 1. The van der Waals surface area contributed by atoms with Crippen LogP contribution in [0.1, 0.15) is 19.3 Å². The van der Waals surface area contributed by atoms with Gasteiger partial charge in [0, 0.05) is 33.4 Å². The minimum atomic E-state index is -0.954. The Hall–Kier alpha value is -1.34. The van der Waals surface area contributed by atoms with Crippen molar-refractivity contribution in [2.75, 3.05) is 33.4 Å². The van der Waals surface area contributed by atoms with Crippen molar-refractivity contribution in [1.29, 1.82) is 0 Å². The van der Waals surface area contributed by atoms with E-state index in [0.717, 1.165) is 12.8 Å². The molecule has 1 rings (SSSR count). The summed E-state index contributed by atoms with van der Waals surface area (Å²) in [6.07, 6.45) is 0.944. The van der Waals surface area contributed by atoms with Gasteiger partial charge in [0.2, 0.25) is 0 Å². The first-order valence-corrected chi connectivity index (χ1v) is 6.45. The monoisotopic (exact) mass is 274 g/mol. The molecule has 1 heterocycles. The first-order chi connectivity index (χ1) is 9.06. The third-order valence-electron chi connectivity index (χ3n) is 3.38. The van der Waals surface area contributed by atoms with Gasteiger partial charge in [-0.15, -0.1) is 0 Å². The van der Waals surface area contributed by atoms with Crippen molar-refractivity contribution in [3.05, 3.63) is 0 Å². The largest absolute Gasteiger partial charge is 0.481 e. The van der Waals surface area contributed by atoms with Crippen LogP contribution in [0.15, 0.2) is 0 Å². The van der Waals surface area contributed by atoms with Crippen LogP contribution in [0.2, 0.25) is 0 Å². The maximum atomic E-state index is 11.8. The van der Waals surface area contributed by atoms with Gasteiger partial charge in [-0.2, -0.15) is 0 Å². The fraction of sp³-hybridized carbons (Fsp3) is 0.833. The number of amides is 2. The molecule has 0 bridgehead atoms. The highest BCUT2D eigenvalue weighted by Gasteiger charge is 2.23. The second-order valence-electron chi connectivity index (χ2n) is 4.75. The summed E-state index contributed by atoms with van der Waals surface area (Å²) in [6, 6.07) is -0.205. The molecule has 0 aromatic rings. The second-order valence-corrected chi connectivity index (χ2v) is 4.75. The molecule has 0 saturated carbocycles. The molecule has 1 saturated heterocycles. The van der Waals surface area contributed by atoms with Gasteiger partial charge in [-0.3, -0.25) is 4.79 Å². The Morgan fingerprint density at radius 2 is 2.05 bits per heavy atom. The van der Waals surface area contributed by atoms with E-state index in [-0.39, 0.29) is 31.5 Å². The number of nitrogens with one attached hydrogen (secondary N) is 1. The van der Waals surface area contributed by atoms with Crippen molar-refractivity contribution < 1.29 is 24.5 Å². The molecule has 1 aliphatic heterocycles. The van der Waals surface area contributed by atoms with E-state index in [1.165, 1.54) is 7.11 Å². The van der Waals surface area contributed by atoms with E-state index in [1.807, 2.05) is 0 Å². The average Bonchev–Trinajstić information content (AvgIpc) is 2.42. The number of carboxylic acid groups (broad SMARTS) is 1. The summed E-state index contributed by atoms with van der Waals surface area (Å²) in [5, 5.41) is 20.4. The molecular weight excluding hydrogens is 252 g/mol. The van der Waals surface area contributed by atoms with Gasteiger partial charge in [0.1, 0.15) is 0 Å². The van der Waals surface area contributed by atoms with Crippen LogP contribution in [0.25, 0.3) is 0 Å². The number of aliphatic hydroxyl groups excluding tert-OH is 1. The standard InChI is InChI=1S/C12H22N2O5/c1-19-10(6-11(16)17)7-13-12(18)14-4-2-9(8-15)3-5-14/h9-10,15H,2-8H2,1H3,(H,13,18)(H,16,17). The van der Waals surface area contributed by atoms with Crippen LogP contribution in [-0.2, 0) is 9.53 Å². The number of carbonyl (C=O) groups is 2. The maximum Gasteiger partial charge on any atom is 0.317 e. The number of urea groups is 1. The zero-order valence-electron chi connectivity index (χ0n) is 11.2. The number of piperidine rings is 1. The van der Waals surface area contributed by atoms with Crippen LogP contribution in [0.3, 0.4) is 0 Å². The summed E-state index contributed by atoms with van der Waals surface area (Å²) in [5.41, 5.74) is 0. The lowest BCUT2D eigenvalue weighted by Crippen LogP contribution is -2.47. The molecule has 110 valence electrons. The molecule has 1 unspecified atom stereocenters. The predicted octanol–water partition coefficient (Wildman–Crippen LogP) is -0.110. The summed E-state index contributed by atoms with van der Waals surface area (Å²) >= 11 is 0. The molecule has 0 aromatic heterocycles. The molecule has 19 heavy (non-hydrogen) atoms. The zero-order chi connectivity index (χ0) is 14.3. The minimum Gasteiger partial charge on any atom is -0.481 e. The van der Waals surface area contributed by atoms with Gasteiger partial charge in [0.15, 0.2) is 0 Å². The van der Waals surface area contributed by atoms with E-state index in [2.05, 4.69) is 5.32 Å². The van der Waals surface area contributed by atoms with Crippen molar-refractivity contribution >= 4 is 12.0 Å². The van der Waals surface area contributed by atoms with E-state index in [4.69, 9.17) is 14.9 Å². The molecule has 0 radical (unpaired) electrons. The molecule has 1 aliphatic rings. The smallest absolute Gasteiger partial charge is 0.317 e. The highest BCUT2D eigenvalue weighted by molar-refractivity contribution is 5.74. The Balaban J connectivity index is 2.29. The van der Waals surface area contributed by atoms with Crippen LogP contribution in [-0.4, -0.2) is 66.6 Å². The highest BCUT2D eigenvalue weighted by Crippen LogP contribution is 2.16. The number of ether oxygens (including phenoxy) is 1. The van der Waals surface area contributed by atoms with Gasteiger partial charge in [-0.05, 0) is 18.8 Å². The zero-order valence-corrected chi connectivity index (χ0v) is 11.2. The van der Waals surface area contributed by atoms with Crippen LogP contribution < -0.4 is 5.32 Å². The number of hydrogen-bond acceptors (Lipinski definition) is 4. The molecule has 7 nitrogen and oxygen atoms in total. The summed E-state index contributed by atoms with van der Waals surface area (Å²) < 4.78 is 4.99. The topological polar surface area (TPSA) is 99.1 Å². The average molecular weight is 274 g/mol. The number of likely N-dealkylation sites (tertiary alicyclic amines) is 1. The minimum absolute atomic E-state index is 0.136. The van der Waals surface area contributed by atoms with Gasteiger partial charge < -0.3 is 25.2 Å². The van der Waals surface area contributed by atoms with E-state index < -0.39 is 12.1 Å². The number of hydrogen-bond donors (Lipinski definition) is 3. The van der Waals surface area contributed by atoms with Gasteiger partial charge in [0.25, 0.3) is 0 Å². The van der Waals surface area contributed by atoms with Gasteiger partial charge in [0.05, 0.1) is 12.5 Å². The summed E-state index contributed by atoms with van der Waals surface area (Å²) in [6.45, 7) is 1.59. The van der Waals surface area contributed by atoms with Gasteiger partial charge in [-0.25, -0.2) is 4.79 Å². The SMILES string of the molecule is COC(CNC(=O)N1CCC(CO)CC1)CC(=O)O.